The molecule has 1 aromatic carbocycles. The number of hydrogen-bond acceptors (Lipinski definition) is 4. The second kappa shape index (κ2) is 6.60. The first-order valence-electron chi connectivity index (χ1n) is 7.91. The van der Waals surface area contributed by atoms with Crippen molar-refractivity contribution in [3.63, 3.8) is 0 Å². The molecule has 25 heavy (non-hydrogen) atoms. The predicted octanol–water partition coefficient (Wildman–Crippen LogP) is 1.36. The normalized spacial score (nSPS) is 11.2. The van der Waals surface area contributed by atoms with E-state index in [1.807, 2.05) is 35.0 Å². The third-order valence-electron chi connectivity index (χ3n) is 4.41. The van der Waals surface area contributed by atoms with Crippen LogP contribution in [0.25, 0.3) is 22.2 Å². The molecule has 3 aromatic rings. The Kier molecular flexibility index (Phi) is 4.50. The van der Waals surface area contributed by atoms with E-state index in [0.717, 1.165) is 21.6 Å². The van der Waals surface area contributed by atoms with E-state index in [4.69, 9.17) is 9.47 Å². The Hall–Kier alpha value is -2.80. The molecule has 0 saturated heterocycles. The minimum Gasteiger partial charge on any atom is -0.497 e. The Morgan fingerprint density at radius 1 is 1.00 bits per heavy atom. The number of benzene rings is 1. The molecule has 0 aliphatic heterocycles. The molecule has 2 heterocycles. The Morgan fingerprint density at radius 2 is 1.68 bits per heavy atom. The quantitative estimate of drug-likeness (QED) is 0.702. The van der Waals surface area contributed by atoms with E-state index in [1.165, 1.54) is 11.6 Å². The molecule has 0 aliphatic carbocycles. The third kappa shape index (κ3) is 2.76. The summed E-state index contributed by atoms with van der Waals surface area (Å²) in [5.41, 5.74) is 1.60. The van der Waals surface area contributed by atoms with Gasteiger partial charge in [-0.1, -0.05) is 0 Å². The Balaban J connectivity index is 2.37. The molecule has 0 saturated carbocycles. The van der Waals surface area contributed by atoms with Crippen LogP contribution < -0.4 is 16.0 Å². The van der Waals surface area contributed by atoms with E-state index < -0.39 is 0 Å². The lowest BCUT2D eigenvalue weighted by Crippen LogP contribution is -2.36. The van der Waals surface area contributed by atoms with Gasteiger partial charge in [-0.2, -0.15) is 0 Å². The van der Waals surface area contributed by atoms with Gasteiger partial charge in [0, 0.05) is 33.9 Å². The highest BCUT2D eigenvalue weighted by Gasteiger charge is 2.19. The highest BCUT2D eigenvalue weighted by Crippen LogP contribution is 2.29. The van der Waals surface area contributed by atoms with Crippen molar-refractivity contribution in [2.75, 3.05) is 20.8 Å². The van der Waals surface area contributed by atoms with Crippen LogP contribution in [0, 0.1) is 0 Å². The summed E-state index contributed by atoms with van der Waals surface area (Å²) in [6, 6.07) is 7.51. The molecule has 0 unspecified atom stereocenters. The predicted molar refractivity (Wildman–Crippen MR) is 96.3 cm³/mol. The molecular formula is C18H21N3O4. The SMILES string of the molecule is COCCn1cc2c(c1-c1ccc(OC)cc1)c(=O)n(C)c(=O)n2C. The van der Waals surface area contributed by atoms with Crippen LogP contribution in [0.4, 0.5) is 0 Å². The van der Waals surface area contributed by atoms with Gasteiger partial charge < -0.3 is 14.0 Å². The first kappa shape index (κ1) is 17.0. The van der Waals surface area contributed by atoms with Crippen molar-refractivity contribution in [1.29, 1.82) is 0 Å². The fourth-order valence-corrected chi connectivity index (χ4v) is 3.01. The Bertz CT molecular complexity index is 1030. The highest BCUT2D eigenvalue weighted by molar-refractivity contribution is 5.93. The van der Waals surface area contributed by atoms with Gasteiger partial charge in [-0.25, -0.2) is 4.79 Å². The summed E-state index contributed by atoms with van der Waals surface area (Å²) >= 11 is 0. The zero-order valence-electron chi connectivity index (χ0n) is 14.8. The molecular weight excluding hydrogens is 322 g/mol. The lowest BCUT2D eigenvalue weighted by Gasteiger charge is -2.10. The van der Waals surface area contributed by atoms with Crippen LogP contribution in [0.3, 0.4) is 0 Å². The molecule has 7 heteroatoms. The molecule has 0 radical (unpaired) electrons. The summed E-state index contributed by atoms with van der Waals surface area (Å²) in [6.45, 7) is 1.07. The number of fused-ring (bicyclic) bond motifs is 1. The summed E-state index contributed by atoms with van der Waals surface area (Å²) in [4.78, 5) is 25.0. The van der Waals surface area contributed by atoms with Crippen LogP contribution in [0.15, 0.2) is 40.1 Å². The van der Waals surface area contributed by atoms with Gasteiger partial charge >= 0.3 is 5.69 Å². The van der Waals surface area contributed by atoms with Gasteiger partial charge in [0.2, 0.25) is 0 Å². The molecule has 0 atom stereocenters. The number of rotatable bonds is 5. The molecule has 0 N–H and O–H groups in total. The monoisotopic (exact) mass is 343 g/mol. The number of aromatic nitrogens is 3. The standard InChI is InChI=1S/C18H21N3O4/c1-19-14-11-21(9-10-24-3)16(12-5-7-13(25-4)8-6-12)15(14)17(22)20(2)18(19)23/h5-8,11H,9-10H2,1-4H3. The average molecular weight is 343 g/mol. The highest BCUT2D eigenvalue weighted by atomic mass is 16.5. The lowest BCUT2D eigenvalue weighted by atomic mass is 10.1. The van der Waals surface area contributed by atoms with Gasteiger partial charge in [0.15, 0.2) is 0 Å². The summed E-state index contributed by atoms with van der Waals surface area (Å²) in [7, 11) is 6.40. The van der Waals surface area contributed by atoms with Crippen LogP contribution in [0.2, 0.25) is 0 Å². The average Bonchev–Trinajstić information content (AvgIpc) is 3.02. The number of aryl methyl sites for hydroxylation is 1. The maximum atomic E-state index is 12.8. The second-order valence-corrected chi connectivity index (χ2v) is 5.86. The molecule has 0 fully saturated rings. The summed E-state index contributed by atoms with van der Waals surface area (Å²) in [5.74, 6) is 0.739. The van der Waals surface area contributed by atoms with Crippen molar-refractivity contribution < 1.29 is 9.47 Å². The van der Waals surface area contributed by atoms with E-state index in [2.05, 4.69) is 0 Å². The fourth-order valence-electron chi connectivity index (χ4n) is 3.01. The third-order valence-corrected chi connectivity index (χ3v) is 4.41. The lowest BCUT2D eigenvalue weighted by molar-refractivity contribution is 0.188. The number of nitrogens with zero attached hydrogens (tertiary/aromatic N) is 3. The van der Waals surface area contributed by atoms with Crippen LogP contribution in [-0.2, 0) is 25.4 Å². The van der Waals surface area contributed by atoms with E-state index in [1.54, 1.807) is 21.3 Å². The van der Waals surface area contributed by atoms with Gasteiger partial charge in [0.05, 0.1) is 30.3 Å². The molecule has 0 spiro atoms. The molecule has 3 rings (SSSR count). The molecule has 7 nitrogen and oxygen atoms in total. The topological polar surface area (TPSA) is 67.4 Å². The maximum Gasteiger partial charge on any atom is 0.330 e. The zero-order valence-corrected chi connectivity index (χ0v) is 14.8. The van der Waals surface area contributed by atoms with Crippen LogP contribution in [0.1, 0.15) is 0 Å². The van der Waals surface area contributed by atoms with Gasteiger partial charge in [0.1, 0.15) is 5.75 Å². The second-order valence-electron chi connectivity index (χ2n) is 5.86. The van der Waals surface area contributed by atoms with E-state index in [0.29, 0.717) is 24.1 Å². The van der Waals surface area contributed by atoms with Crippen molar-refractivity contribution in [2.24, 2.45) is 14.1 Å². The van der Waals surface area contributed by atoms with Gasteiger partial charge in [0.25, 0.3) is 5.56 Å². The van der Waals surface area contributed by atoms with Crippen LogP contribution >= 0.6 is 0 Å². The number of ether oxygens (including phenoxy) is 2. The first-order chi connectivity index (χ1) is 12.0. The van der Waals surface area contributed by atoms with Gasteiger partial charge in [-0.05, 0) is 29.8 Å². The fraction of sp³-hybridized carbons (Fsp3) is 0.333. The molecule has 0 bridgehead atoms. The minimum absolute atomic E-state index is 0.305. The van der Waals surface area contributed by atoms with Crippen LogP contribution in [-0.4, -0.2) is 34.5 Å². The van der Waals surface area contributed by atoms with Crippen LogP contribution in [0.5, 0.6) is 5.75 Å². The molecule has 0 amide bonds. The van der Waals surface area contributed by atoms with Crippen molar-refractivity contribution in [3.05, 3.63) is 51.3 Å². The molecule has 2 aromatic heterocycles. The van der Waals surface area contributed by atoms with Crippen molar-refractivity contribution in [2.45, 2.75) is 6.54 Å². The molecule has 132 valence electrons. The summed E-state index contributed by atoms with van der Waals surface area (Å²) in [5, 5.41) is 0.519. The van der Waals surface area contributed by atoms with E-state index >= 15 is 0 Å². The summed E-state index contributed by atoms with van der Waals surface area (Å²) in [6.07, 6.45) is 1.83. The number of hydrogen-bond donors (Lipinski definition) is 0. The molecule has 0 aliphatic rings. The van der Waals surface area contributed by atoms with Gasteiger partial charge in [-0.15, -0.1) is 0 Å². The van der Waals surface area contributed by atoms with Gasteiger partial charge in [-0.3, -0.25) is 13.9 Å². The van der Waals surface area contributed by atoms with Crippen molar-refractivity contribution in [3.8, 4) is 17.0 Å². The maximum absolute atomic E-state index is 12.8. The Morgan fingerprint density at radius 3 is 2.28 bits per heavy atom. The number of methoxy groups -OCH3 is 2. The smallest absolute Gasteiger partial charge is 0.330 e. The first-order valence-corrected chi connectivity index (χ1v) is 7.91. The Labute approximate surface area is 144 Å². The van der Waals surface area contributed by atoms with Crippen molar-refractivity contribution in [1.82, 2.24) is 13.7 Å². The zero-order chi connectivity index (χ0) is 18.1. The summed E-state index contributed by atoms with van der Waals surface area (Å²) < 4.78 is 15.0. The largest absolute Gasteiger partial charge is 0.497 e. The van der Waals surface area contributed by atoms with E-state index in [-0.39, 0.29) is 11.2 Å². The van der Waals surface area contributed by atoms with Crippen molar-refractivity contribution >= 4 is 10.9 Å². The van der Waals surface area contributed by atoms with E-state index in [9.17, 15) is 9.59 Å². The minimum atomic E-state index is -0.345.